The Bertz CT molecular complexity index is 818. The molecule has 1 aliphatic rings. The van der Waals surface area contributed by atoms with Gasteiger partial charge in [0.2, 0.25) is 0 Å². The molecule has 2 aromatic rings. The maximum Gasteiger partial charge on any atom is 0.163 e. The van der Waals surface area contributed by atoms with Gasteiger partial charge in [0.05, 0.1) is 12.2 Å². The topological polar surface area (TPSA) is 49.8 Å². The molecular formula is C26H35NO3. The fourth-order valence-corrected chi connectivity index (χ4v) is 4.16. The maximum atomic E-state index is 11.3. The number of rotatable bonds is 12. The monoisotopic (exact) mass is 409 g/mol. The predicted octanol–water partition coefficient (Wildman–Crippen LogP) is 5.76. The van der Waals surface area contributed by atoms with Crippen molar-refractivity contribution < 1.29 is 14.6 Å². The van der Waals surface area contributed by atoms with Crippen LogP contribution in [-0.4, -0.2) is 35.5 Å². The van der Waals surface area contributed by atoms with Gasteiger partial charge in [-0.05, 0) is 56.0 Å². The van der Waals surface area contributed by atoms with Gasteiger partial charge < -0.3 is 9.84 Å². The third-order valence-corrected chi connectivity index (χ3v) is 5.95. The van der Waals surface area contributed by atoms with Crippen LogP contribution >= 0.6 is 0 Å². The summed E-state index contributed by atoms with van der Waals surface area (Å²) in [7, 11) is 0. The van der Waals surface area contributed by atoms with Crippen LogP contribution in [0.25, 0.3) is 0 Å². The predicted molar refractivity (Wildman–Crippen MR) is 121 cm³/mol. The normalized spacial score (nSPS) is 13.8. The molecule has 1 N–H and O–H groups in total. The molecule has 0 radical (unpaired) electrons. The second kappa shape index (κ2) is 11.8. The smallest absolute Gasteiger partial charge is 0.163 e. The van der Waals surface area contributed by atoms with Gasteiger partial charge in [0.1, 0.15) is 11.5 Å². The van der Waals surface area contributed by atoms with Crippen molar-refractivity contribution in [3.63, 3.8) is 0 Å². The SMILES string of the molecule is CC(=O)c1ccc(OCCCCCCCCCN2CCc3ccccc3C2)cc1O. The van der Waals surface area contributed by atoms with Crippen molar-refractivity contribution in [1.82, 2.24) is 4.90 Å². The van der Waals surface area contributed by atoms with Crippen LogP contribution in [0.5, 0.6) is 11.5 Å². The third-order valence-electron chi connectivity index (χ3n) is 5.95. The minimum Gasteiger partial charge on any atom is -0.507 e. The van der Waals surface area contributed by atoms with Gasteiger partial charge in [-0.2, -0.15) is 0 Å². The van der Waals surface area contributed by atoms with Gasteiger partial charge in [-0.25, -0.2) is 0 Å². The van der Waals surface area contributed by atoms with E-state index < -0.39 is 0 Å². The summed E-state index contributed by atoms with van der Waals surface area (Å²) in [5.74, 6) is 0.479. The van der Waals surface area contributed by atoms with Crippen molar-refractivity contribution in [3.05, 3.63) is 59.2 Å². The van der Waals surface area contributed by atoms with Gasteiger partial charge in [-0.3, -0.25) is 9.69 Å². The molecule has 0 fully saturated rings. The molecule has 2 aromatic carbocycles. The number of fused-ring (bicyclic) bond motifs is 1. The van der Waals surface area contributed by atoms with E-state index in [1.165, 1.54) is 82.2 Å². The number of phenols is 1. The zero-order valence-corrected chi connectivity index (χ0v) is 18.2. The number of ketones is 1. The van der Waals surface area contributed by atoms with Crippen LogP contribution in [-0.2, 0) is 13.0 Å². The van der Waals surface area contributed by atoms with E-state index in [0.29, 0.717) is 17.9 Å². The molecule has 4 nitrogen and oxygen atoms in total. The van der Waals surface area contributed by atoms with E-state index in [9.17, 15) is 9.90 Å². The molecular weight excluding hydrogens is 374 g/mol. The summed E-state index contributed by atoms with van der Waals surface area (Å²) in [5.41, 5.74) is 3.38. The molecule has 1 aliphatic heterocycles. The Morgan fingerprint density at radius 3 is 2.40 bits per heavy atom. The van der Waals surface area contributed by atoms with Crippen LogP contribution in [0, 0.1) is 0 Å². The molecule has 30 heavy (non-hydrogen) atoms. The van der Waals surface area contributed by atoms with Gasteiger partial charge in [0.25, 0.3) is 0 Å². The molecule has 0 saturated carbocycles. The Morgan fingerprint density at radius 1 is 0.967 bits per heavy atom. The molecule has 0 saturated heterocycles. The highest BCUT2D eigenvalue weighted by Crippen LogP contribution is 2.24. The van der Waals surface area contributed by atoms with E-state index in [0.717, 1.165) is 13.0 Å². The Labute approximate surface area is 180 Å². The highest BCUT2D eigenvalue weighted by molar-refractivity contribution is 5.96. The van der Waals surface area contributed by atoms with Gasteiger partial charge >= 0.3 is 0 Å². The Morgan fingerprint density at radius 2 is 1.67 bits per heavy atom. The number of phenolic OH excluding ortho intramolecular Hbond substituents is 1. The lowest BCUT2D eigenvalue weighted by molar-refractivity contribution is 0.101. The average molecular weight is 410 g/mol. The first-order valence-corrected chi connectivity index (χ1v) is 11.4. The summed E-state index contributed by atoms with van der Waals surface area (Å²) in [6, 6.07) is 13.7. The number of unbranched alkanes of at least 4 members (excludes halogenated alkanes) is 6. The summed E-state index contributed by atoms with van der Waals surface area (Å²) in [5, 5.41) is 9.83. The van der Waals surface area contributed by atoms with Crippen LogP contribution in [0.1, 0.15) is 73.4 Å². The first-order valence-electron chi connectivity index (χ1n) is 11.4. The summed E-state index contributed by atoms with van der Waals surface area (Å²) in [6.07, 6.45) is 9.83. The lowest BCUT2D eigenvalue weighted by atomic mass is 9.99. The second-order valence-corrected chi connectivity index (χ2v) is 8.35. The minimum atomic E-state index is -0.139. The molecule has 0 atom stereocenters. The molecule has 0 spiro atoms. The first kappa shape index (κ1) is 22.4. The number of aromatic hydroxyl groups is 1. The fraction of sp³-hybridized carbons (Fsp3) is 0.500. The molecule has 0 aromatic heterocycles. The third kappa shape index (κ3) is 6.88. The largest absolute Gasteiger partial charge is 0.507 e. The maximum absolute atomic E-state index is 11.3. The molecule has 4 heteroatoms. The summed E-state index contributed by atoms with van der Waals surface area (Å²) >= 11 is 0. The van der Waals surface area contributed by atoms with Gasteiger partial charge in [0.15, 0.2) is 5.78 Å². The minimum absolute atomic E-state index is 0.00578. The number of Topliss-reactive ketones (excluding diaryl/α,β-unsaturated/α-hetero) is 1. The van der Waals surface area contributed by atoms with Crippen LogP contribution in [0.4, 0.5) is 0 Å². The van der Waals surface area contributed by atoms with Crippen LogP contribution in [0.2, 0.25) is 0 Å². The van der Waals surface area contributed by atoms with E-state index in [4.69, 9.17) is 4.74 Å². The van der Waals surface area contributed by atoms with Gasteiger partial charge in [0, 0.05) is 19.2 Å². The number of nitrogens with zero attached hydrogens (tertiary/aromatic N) is 1. The molecule has 1 heterocycles. The summed E-state index contributed by atoms with van der Waals surface area (Å²) in [4.78, 5) is 13.9. The van der Waals surface area contributed by atoms with Crippen LogP contribution in [0.3, 0.4) is 0 Å². The lowest BCUT2D eigenvalue weighted by Crippen LogP contribution is -2.31. The molecule has 3 rings (SSSR count). The van der Waals surface area contributed by atoms with Crippen molar-refractivity contribution >= 4 is 5.78 Å². The van der Waals surface area contributed by atoms with Gasteiger partial charge in [-0.1, -0.05) is 56.4 Å². The van der Waals surface area contributed by atoms with E-state index in [1.807, 2.05) is 0 Å². The van der Waals surface area contributed by atoms with Crippen molar-refractivity contribution in [2.75, 3.05) is 19.7 Å². The number of carbonyl (C=O) groups is 1. The molecule has 0 bridgehead atoms. The number of hydrogen-bond acceptors (Lipinski definition) is 4. The van der Waals surface area contributed by atoms with Crippen molar-refractivity contribution in [2.24, 2.45) is 0 Å². The molecule has 162 valence electrons. The summed E-state index contributed by atoms with van der Waals surface area (Å²) in [6.45, 7) is 5.63. The zero-order chi connectivity index (χ0) is 21.2. The molecule has 0 aliphatic carbocycles. The highest BCUT2D eigenvalue weighted by atomic mass is 16.5. The Kier molecular flexibility index (Phi) is 8.76. The van der Waals surface area contributed by atoms with E-state index in [1.54, 1.807) is 12.1 Å². The van der Waals surface area contributed by atoms with Crippen LogP contribution < -0.4 is 4.74 Å². The Hall–Kier alpha value is -2.33. The number of hydrogen-bond donors (Lipinski definition) is 1. The summed E-state index contributed by atoms with van der Waals surface area (Å²) < 4.78 is 5.68. The standard InChI is InChI=1S/C26H35NO3/c1-21(28)25-14-13-24(19-26(25)29)30-18-10-6-4-2-3-5-9-16-27-17-15-22-11-7-8-12-23(22)20-27/h7-8,11-14,19,29H,2-6,9-10,15-18,20H2,1H3. The molecule has 0 amide bonds. The first-order chi connectivity index (χ1) is 14.6. The number of ether oxygens (including phenoxy) is 1. The van der Waals surface area contributed by atoms with Crippen molar-refractivity contribution in [1.29, 1.82) is 0 Å². The van der Waals surface area contributed by atoms with Gasteiger partial charge in [-0.15, -0.1) is 0 Å². The van der Waals surface area contributed by atoms with E-state index in [2.05, 4.69) is 29.2 Å². The van der Waals surface area contributed by atoms with E-state index in [-0.39, 0.29) is 11.5 Å². The number of benzene rings is 2. The second-order valence-electron chi connectivity index (χ2n) is 8.35. The fourth-order valence-electron chi connectivity index (χ4n) is 4.16. The average Bonchev–Trinajstić information content (AvgIpc) is 2.74. The Balaban J connectivity index is 1.18. The van der Waals surface area contributed by atoms with Crippen LogP contribution in [0.15, 0.2) is 42.5 Å². The van der Waals surface area contributed by atoms with Crippen molar-refractivity contribution in [3.8, 4) is 11.5 Å². The quantitative estimate of drug-likeness (QED) is 0.357. The van der Waals surface area contributed by atoms with E-state index >= 15 is 0 Å². The molecule has 0 unspecified atom stereocenters. The van der Waals surface area contributed by atoms with Crippen molar-refractivity contribution in [2.45, 2.75) is 64.8 Å². The highest BCUT2D eigenvalue weighted by Gasteiger charge is 2.14. The lowest BCUT2D eigenvalue weighted by Gasteiger charge is -2.28. The zero-order valence-electron chi connectivity index (χ0n) is 18.2. The number of carbonyl (C=O) groups excluding carboxylic acids is 1.